The summed E-state index contributed by atoms with van der Waals surface area (Å²) < 4.78 is 1.05. The fraction of sp³-hybridized carbons (Fsp3) is 0.250. The summed E-state index contributed by atoms with van der Waals surface area (Å²) in [4.78, 5) is 0. The summed E-state index contributed by atoms with van der Waals surface area (Å²) >= 11 is 3.43. The molecule has 19 heavy (non-hydrogen) atoms. The summed E-state index contributed by atoms with van der Waals surface area (Å²) in [6.07, 6.45) is 0.809. The van der Waals surface area contributed by atoms with E-state index < -0.39 is 5.54 Å². The van der Waals surface area contributed by atoms with E-state index >= 15 is 0 Å². The molecule has 2 rings (SSSR count). The summed E-state index contributed by atoms with van der Waals surface area (Å²) in [5.41, 5.74) is 1.67. The maximum Gasteiger partial charge on any atom is 0.0854 e. The van der Waals surface area contributed by atoms with Crippen LogP contribution in [0, 0.1) is 0 Å². The molecular weight excluding hydrogens is 302 g/mol. The second-order valence-corrected chi connectivity index (χ2v) is 5.51. The second kappa shape index (κ2) is 6.22. The van der Waals surface area contributed by atoms with Crippen LogP contribution in [0.25, 0.3) is 0 Å². The van der Waals surface area contributed by atoms with Crippen LogP contribution in [0.1, 0.15) is 18.9 Å². The number of rotatable bonds is 5. The predicted octanol–water partition coefficient (Wildman–Crippen LogP) is 4.16. The lowest BCUT2D eigenvalue weighted by Crippen LogP contribution is -2.38. The Morgan fingerprint density at radius 1 is 1.05 bits per heavy atom. The van der Waals surface area contributed by atoms with Crippen molar-refractivity contribution in [2.24, 2.45) is 0 Å². The minimum absolute atomic E-state index is 0.0591. The number of aliphatic hydroxyl groups is 1. The van der Waals surface area contributed by atoms with Crippen LogP contribution in [0.15, 0.2) is 59.1 Å². The number of hydrogen-bond acceptors (Lipinski definition) is 2. The quantitative estimate of drug-likeness (QED) is 0.867. The molecule has 0 aliphatic rings. The van der Waals surface area contributed by atoms with Crippen molar-refractivity contribution in [3.05, 3.63) is 64.6 Å². The fourth-order valence-corrected chi connectivity index (χ4v) is 2.44. The van der Waals surface area contributed by atoms with E-state index in [1.54, 1.807) is 0 Å². The number of nitrogens with one attached hydrogen (secondary N) is 1. The highest BCUT2D eigenvalue weighted by molar-refractivity contribution is 9.10. The second-order valence-electron chi connectivity index (χ2n) is 4.59. The van der Waals surface area contributed by atoms with E-state index in [0.717, 1.165) is 22.1 Å². The van der Waals surface area contributed by atoms with Gasteiger partial charge in [0, 0.05) is 10.2 Å². The third-order valence-corrected chi connectivity index (χ3v) is 3.96. The first kappa shape index (κ1) is 14.1. The normalized spacial score (nSPS) is 13.8. The standard InChI is InChI=1S/C16H18BrNO/c1-2-16(12-19,13-6-4-3-5-7-13)18-15-10-8-14(17)9-11-15/h3-11,18-19H,2,12H2,1H3. The van der Waals surface area contributed by atoms with Crippen LogP contribution in [0.2, 0.25) is 0 Å². The molecule has 0 aliphatic carbocycles. The van der Waals surface area contributed by atoms with E-state index in [9.17, 15) is 5.11 Å². The van der Waals surface area contributed by atoms with Crippen molar-refractivity contribution < 1.29 is 5.11 Å². The van der Waals surface area contributed by atoms with E-state index in [4.69, 9.17) is 0 Å². The lowest BCUT2D eigenvalue weighted by atomic mass is 9.87. The molecule has 3 heteroatoms. The summed E-state index contributed by atoms with van der Waals surface area (Å²) in [5.74, 6) is 0. The van der Waals surface area contributed by atoms with Crippen molar-refractivity contribution >= 4 is 21.6 Å². The summed E-state index contributed by atoms with van der Waals surface area (Å²) in [7, 11) is 0. The fourth-order valence-electron chi connectivity index (χ4n) is 2.17. The van der Waals surface area contributed by atoms with Crippen LogP contribution in [0.3, 0.4) is 0 Å². The van der Waals surface area contributed by atoms with Crippen molar-refractivity contribution in [2.75, 3.05) is 11.9 Å². The number of benzene rings is 2. The first-order chi connectivity index (χ1) is 9.20. The van der Waals surface area contributed by atoms with Gasteiger partial charge in [-0.1, -0.05) is 53.2 Å². The Morgan fingerprint density at radius 2 is 1.68 bits per heavy atom. The minimum atomic E-state index is -0.435. The number of anilines is 1. The van der Waals surface area contributed by atoms with E-state index in [1.807, 2.05) is 54.6 Å². The highest BCUT2D eigenvalue weighted by Crippen LogP contribution is 2.29. The summed E-state index contributed by atoms with van der Waals surface area (Å²) in [6.45, 7) is 2.14. The monoisotopic (exact) mass is 319 g/mol. The van der Waals surface area contributed by atoms with Crippen molar-refractivity contribution in [1.82, 2.24) is 0 Å². The van der Waals surface area contributed by atoms with Gasteiger partial charge < -0.3 is 10.4 Å². The topological polar surface area (TPSA) is 32.3 Å². The first-order valence-corrected chi connectivity index (χ1v) is 7.19. The Kier molecular flexibility index (Phi) is 4.61. The molecule has 0 bridgehead atoms. The van der Waals surface area contributed by atoms with E-state index in [0.29, 0.717) is 0 Å². The average molecular weight is 320 g/mol. The van der Waals surface area contributed by atoms with E-state index in [1.165, 1.54) is 0 Å². The van der Waals surface area contributed by atoms with Crippen LogP contribution in [0.5, 0.6) is 0 Å². The molecule has 100 valence electrons. The SMILES string of the molecule is CCC(CO)(Nc1ccc(Br)cc1)c1ccccc1. The van der Waals surface area contributed by atoms with Gasteiger partial charge in [0.05, 0.1) is 12.1 Å². The predicted molar refractivity (Wildman–Crippen MR) is 83.3 cm³/mol. The maximum absolute atomic E-state index is 9.87. The van der Waals surface area contributed by atoms with Gasteiger partial charge in [-0.25, -0.2) is 0 Å². The van der Waals surface area contributed by atoms with Gasteiger partial charge >= 0.3 is 0 Å². The van der Waals surface area contributed by atoms with Gasteiger partial charge in [0.1, 0.15) is 0 Å². The highest BCUT2D eigenvalue weighted by Gasteiger charge is 2.29. The van der Waals surface area contributed by atoms with Gasteiger partial charge in [-0.3, -0.25) is 0 Å². The Bertz CT molecular complexity index is 506. The van der Waals surface area contributed by atoms with Gasteiger partial charge in [0.2, 0.25) is 0 Å². The molecule has 2 aromatic rings. The average Bonchev–Trinajstić information content (AvgIpc) is 2.48. The molecule has 0 aromatic heterocycles. The Morgan fingerprint density at radius 3 is 2.21 bits per heavy atom. The Hall–Kier alpha value is -1.32. The molecule has 0 saturated carbocycles. The zero-order valence-electron chi connectivity index (χ0n) is 10.9. The van der Waals surface area contributed by atoms with Crippen molar-refractivity contribution in [1.29, 1.82) is 0 Å². The molecule has 1 unspecified atom stereocenters. The zero-order valence-corrected chi connectivity index (χ0v) is 12.5. The summed E-state index contributed by atoms with van der Waals surface area (Å²) in [5, 5.41) is 13.3. The van der Waals surface area contributed by atoms with Crippen molar-refractivity contribution in [3.63, 3.8) is 0 Å². The molecule has 0 heterocycles. The third kappa shape index (κ3) is 3.17. The molecule has 0 amide bonds. The van der Waals surface area contributed by atoms with Gasteiger partial charge in [0.25, 0.3) is 0 Å². The smallest absolute Gasteiger partial charge is 0.0854 e. The highest BCUT2D eigenvalue weighted by atomic mass is 79.9. The lowest BCUT2D eigenvalue weighted by Gasteiger charge is -2.33. The molecule has 2 aromatic carbocycles. The first-order valence-electron chi connectivity index (χ1n) is 6.40. The zero-order chi connectivity index (χ0) is 13.7. The molecule has 0 saturated heterocycles. The minimum Gasteiger partial charge on any atom is -0.394 e. The van der Waals surface area contributed by atoms with Crippen LogP contribution >= 0.6 is 15.9 Å². The van der Waals surface area contributed by atoms with E-state index in [-0.39, 0.29) is 6.61 Å². The molecule has 0 radical (unpaired) electrons. The number of hydrogen-bond donors (Lipinski definition) is 2. The van der Waals surface area contributed by atoms with Gasteiger partial charge in [-0.2, -0.15) is 0 Å². The van der Waals surface area contributed by atoms with Crippen molar-refractivity contribution in [3.8, 4) is 0 Å². The van der Waals surface area contributed by atoms with Gasteiger partial charge in [0.15, 0.2) is 0 Å². The van der Waals surface area contributed by atoms with Crippen LogP contribution < -0.4 is 5.32 Å². The molecular formula is C16H18BrNO. The van der Waals surface area contributed by atoms with E-state index in [2.05, 4.69) is 28.2 Å². The van der Waals surface area contributed by atoms with Crippen LogP contribution in [-0.2, 0) is 5.54 Å². The largest absolute Gasteiger partial charge is 0.394 e. The summed E-state index contributed by atoms with van der Waals surface area (Å²) in [6, 6.07) is 18.1. The van der Waals surface area contributed by atoms with Crippen molar-refractivity contribution in [2.45, 2.75) is 18.9 Å². The van der Waals surface area contributed by atoms with Gasteiger partial charge in [-0.15, -0.1) is 0 Å². The maximum atomic E-state index is 9.87. The molecule has 0 fully saturated rings. The third-order valence-electron chi connectivity index (χ3n) is 3.43. The molecule has 2 nitrogen and oxygen atoms in total. The lowest BCUT2D eigenvalue weighted by molar-refractivity contribution is 0.207. The molecule has 2 N–H and O–H groups in total. The number of aliphatic hydroxyl groups excluding tert-OH is 1. The van der Waals surface area contributed by atoms with Gasteiger partial charge in [-0.05, 0) is 36.2 Å². The molecule has 0 aliphatic heterocycles. The van der Waals surface area contributed by atoms with Crippen LogP contribution in [0.4, 0.5) is 5.69 Å². The Labute approximate surface area is 122 Å². The molecule has 1 atom stereocenters. The Balaban J connectivity index is 2.32. The number of halogens is 1. The van der Waals surface area contributed by atoms with Crippen LogP contribution in [-0.4, -0.2) is 11.7 Å². The molecule has 0 spiro atoms.